The van der Waals surface area contributed by atoms with Crippen LogP contribution in [0.3, 0.4) is 0 Å². The summed E-state index contributed by atoms with van der Waals surface area (Å²) in [5, 5.41) is 8.89. The third-order valence-electron chi connectivity index (χ3n) is 4.04. The van der Waals surface area contributed by atoms with Crippen LogP contribution in [0.2, 0.25) is 0 Å². The zero-order chi connectivity index (χ0) is 18.4. The van der Waals surface area contributed by atoms with E-state index in [1.807, 2.05) is 72.8 Å². The minimum atomic E-state index is -0.787. The fourth-order valence-electron chi connectivity index (χ4n) is 2.73. The highest BCUT2D eigenvalue weighted by molar-refractivity contribution is 9.10. The molecule has 0 aliphatic rings. The number of aliphatic carboxylic acids is 1. The van der Waals surface area contributed by atoms with Gasteiger partial charge in [-0.3, -0.25) is 4.79 Å². The van der Waals surface area contributed by atoms with E-state index in [-0.39, 0.29) is 6.42 Å². The first kappa shape index (κ1) is 18.2. The average Bonchev–Trinajstić information content (AvgIpc) is 2.66. The van der Waals surface area contributed by atoms with Gasteiger partial charge in [-0.25, -0.2) is 0 Å². The quantitative estimate of drug-likeness (QED) is 0.542. The van der Waals surface area contributed by atoms with Crippen LogP contribution in [0.1, 0.15) is 17.5 Å². The largest absolute Gasteiger partial charge is 0.488 e. The Morgan fingerprint density at radius 2 is 1.69 bits per heavy atom. The lowest BCUT2D eigenvalue weighted by molar-refractivity contribution is -0.136. The molecule has 0 fully saturated rings. The van der Waals surface area contributed by atoms with Crippen LogP contribution in [-0.4, -0.2) is 11.1 Å². The van der Waals surface area contributed by atoms with Crippen LogP contribution in [0, 0.1) is 0 Å². The number of hydrogen-bond acceptors (Lipinski definition) is 2. The second-order valence-electron chi connectivity index (χ2n) is 6.01. The molecule has 0 saturated carbocycles. The standard InChI is InChI=1S/C22H19BrO3/c23-19-10-11-21(26-15-17-5-2-1-3-6-17)20(14-19)18-8-4-7-16(13-18)9-12-22(24)25/h1-8,10-11,13-14H,9,12,15H2,(H,24,25). The van der Waals surface area contributed by atoms with E-state index in [1.54, 1.807) is 0 Å². The summed E-state index contributed by atoms with van der Waals surface area (Å²) in [6.07, 6.45) is 0.636. The number of halogens is 1. The molecular formula is C22H19BrO3. The smallest absolute Gasteiger partial charge is 0.303 e. The Morgan fingerprint density at radius 3 is 2.46 bits per heavy atom. The fraction of sp³-hybridized carbons (Fsp3) is 0.136. The zero-order valence-corrected chi connectivity index (χ0v) is 15.8. The summed E-state index contributed by atoms with van der Waals surface area (Å²) >= 11 is 3.52. The Balaban J connectivity index is 1.85. The molecule has 3 aromatic carbocycles. The van der Waals surface area contributed by atoms with E-state index in [0.717, 1.165) is 32.5 Å². The molecular weight excluding hydrogens is 392 g/mol. The van der Waals surface area contributed by atoms with Crippen LogP contribution in [0.5, 0.6) is 5.75 Å². The van der Waals surface area contributed by atoms with Gasteiger partial charge in [0.1, 0.15) is 12.4 Å². The van der Waals surface area contributed by atoms with Crippen molar-refractivity contribution in [2.75, 3.05) is 0 Å². The van der Waals surface area contributed by atoms with E-state index >= 15 is 0 Å². The van der Waals surface area contributed by atoms with Crippen molar-refractivity contribution >= 4 is 21.9 Å². The lowest BCUT2D eigenvalue weighted by Gasteiger charge is -2.13. The summed E-state index contributed by atoms with van der Waals surface area (Å²) in [5.41, 5.74) is 4.10. The molecule has 0 aromatic heterocycles. The van der Waals surface area contributed by atoms with Gasteiger partial charge in [-0.1, -0.05) is 70.5 Å². The molecule has 26 heavy (non-hydrogen) atoms. The van der Waals surface area contributed by atoms with Gasteiger partial charge in [0.05, 0.1) is 0 Å². The molecule has 0 heterocycles. The molecule has 0 saturated heterocycles. The number of ether oxygens (including phenoxy) is 1. The monoisotopic (exact) mass is 410 g/mol. The summed E-state index contributed by atoms with van der Waals surface area (Å²) in [4.78, 5) is 10.8. The molecule has 0 aliphatic carbocycles. The molecule has 1 N–H and O–H groups in total. The Kier molecular flexibility index (Phi) is 6.08. The van der Waals surface area contributed by atoms with Crippen molar-refractivity contribution in [1.82, 2.24) is 0 Å². The fourth-order valence-corrected chi connectivity index (χ4v) is 3.10. The van der Waals surface area contributed by atoms with Crippen molar-refractivity contribution in [1.29, 1.82) is 0 Å². The second-order valence-corrected chi connectivity index (χ2v) is 6.92. The topological polar surface area (TPSA) is 46.5 Å². The highest BCUT2D eigenvalue weighted by atomic mass is 79.9. The van der Waals surface area contributed by atoms with Gasteiger partial charge in [0.25, 0.3) is 0 Å². The number of carboxylic acids is 1. The molecule has 0 amide bonds. The molecule has 0 spiro atoms. The van der Waals surface area contributed by atoms with Gasteiger partial charge < -0.3 is 9.84 Å². The Morgan fingerprint density at radius 1 is 0.923 bits per heavy atom. The van der Waals surface area contributed by atoms with E-state index < -0.39 is 5.97 Å². The van der Waals surface area contributed by atoms with Crippen molar-refractivity contribution in [2.24, 2.45) is 0 Å². The first-order valence-electron chi connectivity index (χ1n) is 8.39. The molecule has 0 unspecified atom stereocenters. The first-order valence-corrected chi connectivity index (χ1v) is 9.18. The normalized spacial score (nSPS) is 10.5. The molecule has 4 heteroatoms. The Labute approximate surface area is 161 Å². The number of carbonyl (C=O) groups is 1. The van der Waals surface area contributed by atoms with Crippen molar-refractivity contribution in [3.63, 3.8) is 0 Å². The van der Waals surface area contributed by atoms with Gasteiger partial charge in [-0.2, -0.15) is 0 Å². The van der Waals surface area contributed by atoms with Gasteiger partial charge in [0, 0.05) is 16.5 Å². The maximum absolute atomic E-state index is 10.8. The summed E-state index contributed by atoms with van der Waals surface area (Å²) in [7, 11) is 0. The highest BCUT2D eigenvalue weighted by Gasteiger charge is 2.09. The third kappa shape index (κ3) is 4.96. The van der Waals surface area contributed by atoms with Crippen molar-refractivity contribution in [2.45, 2.75) is 19.4 Å². The zero-order valence-electron chi connectivity index (χ0n) is 14.2. The third-order valence-corrected chi connectivity index (χ3v) is 4.54. The van der Waals surface area contributed by atoms with Gasteiger partial charge in [0.2, 0.25) is 0 Å². The van der Waals surface area contributed by atoms with E-state index in [4.69, 9.17) is 9.84 Å². The maximum Gasteiger partial charge on any atom is 0.303 e. The molecule has 0 aliphatic heterocycles. The Bertz CT molecular complexity index is 891. The number of rotatable bonds is 7. The maximum atomic E-state index is 10.8. The van der Waals surface area contributed by atoms with Crippen LogP contribution in [-0.2, 0) is 17.8 Å². The van der Waals surface area contributed by atoms with Crippen LogP contribution in [0.25, 0.3) is 11.1 Å². The van der Waals surface area contributed by atoms with Gasteiger partial charge in [-0.05, 0) is 41.3 Å². The molecule has 3 rings (SSSR count). The van der Waals surface area contributed by atoms with E-state index in [0.29, 0.717) is 13.0 Å². The van der Waals surface area contributed by atoms with Crippen LogP contribution in [0.15, 0.2) is 77.3 Å². The second kappa shape index (κ2) is 8.68. The minimum absolute atomic E-state index is 0.124. The lowest BCUT2D eigenvalue weighted by atomic mass is 10.00. The number of aryl methyl sites for hydroxylation is 1. The summed E-state index contributed by atoms with van der Waals surface area (Å²) < 4.78 is 7.02. The van der Waals surface area contributed by atoms with Crippen LogP contribution < -0.4 is 4.74 Å². The predicted octanol–water partition coefficient (Wildman–Crippen LogP) is 5.71. The van der Waals surface area contributed by atoms with Crippen molar-refractivity contribution in [3.05, 3.63) is 88.4 Å². The molecule has 0 atom stereocenters. The Hall–Kier alpha value is -2.59. The summed E-state index contributed by atoms with van der Waals surface area (Å²) in [6, 6.07) is 23.9. The molecule has 0 radical (unpaired) electrons. The lowest BCUT2D eigenvalue weighted by Crippen LogP contribution is -1.98. The van der Waals surface area contributed by atoms with Gasteiger partial charge in [0.15, 0.2) is 0 Å². The van der Waals surface area contributed by atoms with E-state index in [1.165, 1.54) is 0 Å². The first-order chi connectivity index (χ1) is 12.6. The molecule has 3 aromatic rings. The van der Waals surface area contributed by atoms with E-state index in [2.05, 4.69) is 15.9 Å². The predicted molar refractivity (Wildman–Crippen MR) is 106 cm³/mol. The van der Waals surface area contributed by atoms with Crippen molar-refractivity contribution in [3.8, 4) is 16.9 Å². The summed E-state index contributed by atoms with van der Waals surface area (Å²) in [6.45, 7) is 0.494. The summed E-state index contributed by atoms with van der Waals surface area (Å²) in [5.74, 6) is 0.0113. The van der Waals surface area contributed by atoms with Crippen molar-refractivity contribution < 1.29 is 14.6 Å². The molecule has 132 valence electrons. The number of hydrogen-bond donors (Lipinski definition) is 1. The SMILES string of the molecule is O=C(O)CCc1cccc(-c2cc(Br)ccc2OCc2ccccc2)c1. The minimum Gasteiger partial charge on any atom is -0.488 e. The van der Waals surface area contributed by atoms with Crippen LogP contribution >= 0.6 is 15.9 Å². The highest BCUT2D eigenvalue weighted by Crippen LogP contribution is 2.34. The number of benzene rings is 3. The average molecular weight is 411 g/mol. The molecule has 0 bridgehead atoms. The van der Waals surface area contributed by atoms with Gasteiger partial charge >= 0.3 is 5.97 Å². The van der Waals surface area contributed by atoms with Gasteiger partial charge in [-0.15, -0.1) is 0 Å². The molecule has 3 nitrogen and oxygen atoms in total. The van der Waals surface area contributed by atoms with Crippen LogP contribution in [0.4, 0.5) is 0 Å². The number of carboxylic acid groups (broad SMARTS) is 1. The van der Waals surface area contributed by atoms with E-state index in [9.17, 15) is 4.79 Å².